The second-order valence-electron chi connectivity index (χ2n) is 5.88. The van der Waals surface area contributed by atoms with E-state index in [1.54, 1.807) is 12.3 Å². The van der Waals surface area contributed by atoms with E-state index in [2.05, 4.69) is 43.2 Å². The topological polar surface area (TPSA) is 42.0 Å². The zero-order chi connectivity index (χ0) is 16.2. The molecule has 1 atom stereocenters. The van der Waals surface area contributed by atoms with Gasteiger partial charge in [-0.1, -0.05) is 62.7 Å². The van der Waals surface area contributed by atoms with Gasteiger partial charge in [0.15, 0.2) is 0 Å². The molecule has 116 valence electrons. The summed E-state index contributed by atoms with van der Waals surface area (Å²) in [6.07, 6.45) is 3.89. The van der Waals surface area contributed by atoms with Gasteiger partial charge in [-0.3, -0.25) is 9.78 Å². The lowest BCUT2D eigenvalue weighted by Crippen LogP contribution is -2.47. The number of pyridine rings is 1. The van der Waals surface area contributed by atoms with Crippen molar-refractivity contribution >= 4 is 17.5 Å². The fourth-order valence-electron chi connectivity index (χ4n) is 2.66. The lowest BCUT2D eigenvalue weighted by atomic mass is 9.76. The van der Waals surface area contributed by atoms with Crippen LogP contribution < -0.4 is 5.32 Å². The Kier molecular flexibility index (Phi) is 5.19. The van der Waals surface area contributed by atoms with E-state index in [4.69, 9.17) is 11.6 Å². The lowest BCUT2D eigenvalue weighted by Gasteiger charge is -2.35. The van der Waals surface area contributed by atoms with E-state index in [1.165, 1.54) is 11.8 Å². The van der Waals surface area contributed by atoms with E-state index in [-0.39, 0.29) is 17.4 Å². The summed E-state index contributed by atoms with van der Waals surface area (Å²) in [7, 11) is 0. The number of nitrogens with one attached hydrogen (secondary N) is 1. The van der Waals surface area contributed by atoms with Crippen molar-refractivity contribution in [2.75, 3.05) is 0 Å². The third-order valence-electron chi connectivity index (χ3n) is 4.12. The highest BCUT2D eigenvalue weighted by Crippen LogP contribution is 2.29. The minimum atomic E-state index is -0.175. The van der Waals surface area contributed by atoms with E-state index < -0.39 is 0 Å². The normalized spacial score (nSPS) is 12.7. The molecule has 0 saturated heterocycles. The predicted molar refractivity (Wildman–Crippen MR) is 90.3 cm³/mol. The van der Waals surface area contributed by atoms with E-state index in [1.807, 2.05) is 18.2 Å². The summed E-state index contributed by atoms with van der Waals surface area (Å²) in [5, 5.41) is 3.48. The maximum absolute atomic E-state index is 12.5. The molecule has 0 spiro atoms. The summed E-state index contributed by atoms with van der Waals surface area (Å²) in [6, 6.07) is 11.9. The van der Waals surface area contributed by atoms with Crippen LogP contribution in [0.5, 0.6) is 0 Å². The Morgan fingerprint density at radius 2 is 1.95 bits per heavy atom. The number of carbonyl (C=O) groups excluding carboxylic acids is 1. The van der Waals surface area contributed by atoms with E-state index in [0.29, 0.717) is 10.6 Å². The number of halogens is 1. The summed E-state index contributed by atoms with van der Waals surface area (Å²) >= 11 is 6.05. The molecule has 2 aromatic rings. The molecule has 4 heteroatoms. The first kappa shape index (κ1) is 16.5. The standard InChI is InChI=1S/C18H21ClN2O/c1-4-16(18(2,3)13-8-6-5-7-9-13)21-17(22)14-10-11-20-12-15(14)19/h5-12,16H,4H2,1-3H3,(H,21,22)/t16-/m1/s1. The Hall–Kier alpha value is -1.87. The minimum Gasteiger partial charge on any atom is -0.348 e. The first-order valence-corrected chi connectivity index (χ1v) is 7.80. The molecule has 0 bridgehead atoms. The van der Waals surface area contributed by atoms with Crippen molar-refractivity contribution in [3.05, 3.63) is 64.9 Å². The average Bonchev–Trinajstić information content (AvgIpc) is 2.53. The van der Waals surface area contributed by atoms with Gasteiger partial charge in [-0.2, -0.15) is 0 Å². The van der Waals surface area contributed by atoms with Gasteiger partial charge in [-0.15, -0.1) is 0 Å². The number of carbonyl (C=O) groups is 1. The van der Waals surface area contributed by atoms with Crippen LogP contribution in [0.1, 0.15) is 43.1 Å². The number of amides is 1. The van der Waals surface area contributed by atoms with Gasteiger partial charge in [-0.05, 0) is 18.1 Å². The second kappa shape index (κ2) is 6.93. The summed E-state index contributed by atoms with van der Waals surface area (Å²) in [5.41, 5.74) is 1.48. The van der Waals surface area contributed by atoms with Crippen molar-refractivity contribution < 1.29 is 4.79 Å². The number of nitrogens with zero attached hydrogens (tertiary/aromatic N) is 1. The highest BCUT2D eigenvalue weighted by Gasteiger charge is 2.31. The molecule has 0 radical (unpaired) electrons. The summed E-state index contributed by atoms with van der Waals surface area (Å²) < 4.78 is 0. The molecule has 22 heavy (non-hydrogen) atoms. The van der Waals surface area contributed by atoms with Gasteiger partial charge >= 0.3 is 0 Å². The molecule has 1 aromatic carbocycles. The monoisotopic (exact) mass is 316 g/mol. The van der Waals surface area contributed by atoms with Crippen LogP contribution in [-0.2, 0) is 5.41 Å². The Balaban J connectivity index is 2.22. The first-order chi connectivity index (χ1) is 10.5. The fraction of sp³-hybridized carbons (Fsp3) is 0.333. The van der Waals surface area contributed by atoms with Gasteiger partial charge in [0.25, 0.3) is 5.91 Å². The van der Waals surface area contributed by atoms with Crippen LogP contribution >= 0.6 is 11.6 Å². The molecule has 1 aromatic heterocycles. The van der Waals surface area contributed by atoms with Crippen LogP contribution in [0.2, 0.25) is 5.02 Å². The van der Waals surface area contributed by atoms with E-state index >= 15 is 0 Å². The largest absolute Gasteiger partial charge is 0.348 e. The van der Waals surface area contributed by atoms with Crippen molar-refractivity contribution in [3.8, 4) is 0 Å². The van der Waals surface area contributed by atoms with Crippen molar-refractivity contribution in [1.82, 2.24) is 10.3 Å². The molecule has 0 aliphatic rings. The Morgan fingerprint density at radius 1 is 1.27 bits per heavy atom. The number of benzene rings is 1. The van der Waals surface area contributed by atoms with Crippen LogP contribution in [0.4, 0.5) is 0 Å². The van der Waals surface area contributed by atoms with Crippen LogP contribution in [0, 0.1) is 0 Å². The molecule has 2 rings (SSSR count). The van der Waals surface area contributed by atoms with Gasteiger partial charge in [0.05, 0.1) is 10.6 Å². The third-order valence-corrected chi connectivity index (χ3v) is 4.42. The van der Waals surface area contributed by atoms with Crippen LogP contribution in [0.25, 0.3) is 0 Å². The van der Waals surface area contributed by atoms with Crippen molar-refractivity contribution in [2.24, 2.45) is 0 Å². The quantitative estimate of drug-likeness (QED) is 0.897. The number of hydrogen-bond acceptors (Lipinski definition) is 2. The summed E-state index contributed by atoms with van der Waals surface area (Å²) in [5.74, 6) is -0.164. The Labute approximate surface area is 136 Å². The Morgan fingerprint density at radius 3 is 2.55 bits per heavy atom. The summed E-state index contributed by atoms with van der Waals surface area (Å²) in [4.78, 5) is 16.4. The molecule has 0 unspecified atom stereocenters. The number of rotatable bonds is 5. The maximum Gasteiger partial charge on any atom is 0.253 e. The Bertz CT molecular complexity index is 641. The highest BCUT2D eigenvalue weighted by atomic mass is 35.5. The molecule has 1 heterocycles. The van der Waals surface area contributed by atoms with Crippen LogP contribution in [-0.4, -0.2) is 16.9 Å². The smallest absolute Gasteiger partial charge is 0.253 e. The predicted octanol–water partition coefficient (Wildman–Crippen LogP) is 4.22. The third kappa shape index (κ3) is 3.47. The van der Waals surface area contributed by atoms with Gasteiger partial charge in [0.1, 0.15) is 0 Å². The lowest BCUT2D eigenvalue weighted by molar-refractivity contribution is 0.0916. The van der Waals surface area contributed by atoms with Crippen molar-refractivity contribution in [2.45, 2.75) is 38.6 Å². The van der Waals surface area contributed by atoms with Gasteiger partial charge < -0.3 is 5.32 Å². The van der Waals surface area contributed by atoms with Crippen molar-refractivity contribution in [1.29, 1.82) is 0 Å². The molecular formula is C18H21ClN2O. The SMILES string of the molecule is CC[C@@H](NC(=O)c1ccncc1Cl)C(C)(C)c1ccccc1. The van der Waals surface area contributed by atoms with Gasteiger partial charge in [0.2, 0.25) is 0 Å². The average molecular weight is 317 g/mol. The molecule has 0 fully saturated rings. The van der Waals surface area contributed by atoms with Crippen LogP contribution in [0.3, 0.4) is 0 Å². The highest BCUT2D eigenvalue weighted by molar-refractivity contribution is 6.33. The minimum absolute atomic E-state index is 0.00614. The molecule has 1 amide bonds. The van der Waals surface area contributed by atoms with Gasteiger partial charge in [0, 0.05) is 23.9 Å². The number of hydrogen-bond donors (Lipinski definition) is 1. The molecule has 1 N–H and O–H groups in total. The van der Waals surface area contributed by atoms with E-state index in [0.717, 1.165) is 6.42 Å². The molecule has 3 nitrogen and oxygen atoms in total. The molecular weight excluding hydrogens is 296 g/mol. The van der Waals surface area contributed by atoms with Crippen molar-refractivity contribution in [3.63, 3.8) is 0 Å². The second-order valence-corrected chi connectivity index (χ2v) is 6.28. The first-order valence-electron chi connectivity index (χ1n) is 7.42. The molecule has 0 aliphatic carbocycles. The molecule has 0 aliphatic heterocycles. The zero-order valence-corrected chi connectivity index (χ0v) is 13.9. The maximum atomic E-state index is 12.5. The van der Waals surface area contributed by atoms with Crippen LogP contribution in [0.15, 0.2) is 48.8 Å². The zero-order valence-electron chi connectivity index (χ0n) is 13.1. The molecule has 0 saturated carbocycles. The number of aromatic nitrogens is 1. The van der Waals surface area contributed by atoms with E-state index in [9.17, 15) is 4.79 Å². The summed E-state index contributed by atoms with van der Waals surface area (Å²) in [6.45, 7) is 6.36. The fourth-order valence-corrected chi connectivity index (χ4v) is 2.86. The van der Waals surface area contributed by atoms with Gasteiger partial charge in [-0.25, -0.2) is 0 Å².